The van der Waals surface area contributed by atoms with Gasteiger partial charge in [0.1, 0.15) is 0 Å². The van der Waals surface area contributed by atoms with Crippen molar-refractivity contribution in [2.24, 2.45) is 5.92 Å². The van der Waals surface area contributed by atoms with E-state index in [0.717, 1.165) is 5.69 Å². The Labute approximate surface area is 86.8 Å². The Hall–Kier alpha value is -1.05. The van der Waals surface area contributed by atoms with Crippen molar-refractivity contribution in [2.75, 3.05) is 5.32 Å². The minimum Gasteiger partial charge on any atom is -0.381 e. The van der Waals surface area contributed by atoms with E-state index in [9.17, 15) is 0 Å². The maximum absolute atomic E-state index is 4.12. The van der Waals surface area contributed by atoms with Crippen molar-refractivity contribution >= 4 is 5.69 Å². The first-order valence-corrected chi connectivity index (χ1v) is 5.32. The third-order valence-corrected chi connectivity index (χ3v) is 2.92. The summed E-state index contributed by atoms with van der Waals surface area (Å²) in [5.41, 5.74) is 2.41. The predicted molar refractivity (Wildman–Crippen MR) is 61.5 cm³/mol. The molecule has 78 valence electrons. The van der Waals surface area contributed by atoms with E-state index in [1.807, 2.05) is 18.5 Å². The molecule has 1 aromatic rings. The normalized spacial score (nSPS) is 14.9. The Morgan fingerprint density at radius 1 is 1.43 bits per heavy atom. The van der Waals surface area contributed by atoms with Gasteiger partial charge in [-0.1, -0.05) is 20.3 Å². The van der Waals surface area contributed by atoms with Crippen molar-refractivity contribution in [3.8, 4) is 0 Å². The van der Waals surface area contributed by atoms with Gasteiger partial charge in [0.05, 0.1) is 11.9 Å². The Bertz CT molecular complexity index is 283. The lowest BCUT2D eigenvalue weighted by atomic mass is 10.0. The summed E-state index contributed by atoms with van der Waals surface area (Å²) in [5, 5.41) is 3.50. The number of pyridine rings is 1. The zero-order chi connectivity index (χ0) is 10.6. The largest absolute Gasteiger partial charge is 0.381 e. The van der Waals surface area contributed by atoms with E-state index in [1.54, 1.807) is 0 Å². The summed E-state index contributed by atoms with van der Waals surface area (Å²) < 4.78 is 0. The van der Waals surface area contributed by atoms with Crippen LogP contribution in [0.1, 0.15) is 32.8 Å². The van der Waals surface area contributed by atoms with Crippen LogP contribution < -0.4 is 5.32 Å². The van der Waals surface area contributed by atoms with Crippen LogP contribution in [0, 0.1) is 12.8 Å². The smallest absolute Gasteiger partial charge is 0.0558 e. The van der Waals surface area contributed by atoms with E-state index >= 15 is 0 Å². The van der Waals surface area contributed by atoms with Crippen LogP contribution in [0.25, 0.3) is 0 Å². The van der Waals surface area contributed by atoms with Crippen LogP contribution in [0.4, 0.5) is 5.69 Å². The lowest BCUT2D eigenvalue weighted by Crippen LogP contribution is -2.23. The third kappa shape index (κ3) is 2.72. The minimum absolute atomic E-state index is 0.503. The van der Waals surface area contributed by atoms with E-state index in [0.29, 0.717) is 12.0 Å². The van der Waals surface area contributed by atoms with Gasteiger partial charge in [-0.2, -0.15) is 0 Å². The van der Waals surface area contributed by atoms with Crippen LogP contribution >= 0.6 is 0 Å². The van der Waals surface area contributed by atoms with Crippen molar-refractivity contribution in [2.45, 2.75) is 40.2 Å². The average Bonchev–Trinajstić information content (AvgIpc) is 2.20. The van der Waals surface area contributed by atoms with E-state index in [-0.39, 0.29) is 0 Å². The van der Waals surface area contributed by atoms with Gasteiger partial charge in [-0.05, 0) is 31.4 Å². The second-order valence-corrected chi connectivity index (χ2v) is 4.01. The Balaban J connectivity index is 2.64. The van der Waals surface area contributed by atoms with Crippen LogP contribution in [0.2, 0.25) is 0 Å². The van der Waals surface area contributed by atoms with Crippen LogP contribution in [-0.4, -0.2) is 11.0 Å². The van der Waals surface area contributed by atoms with Crippen molar-refractivity contribution in [3.05, 3.63) is 24.0 Å². The highest BCUT2D eigenvalue weighted by molar-refractivity contribution is 5.48. The summed E-state index contributed by atoms with van der Waals surface area (Å²) >= 11 is 0. The second-order valence-electron chi connectivity index (χ2n) is 4.01. The highest BCUT2D eigenvalue weighted by Crippen LogP contribution is 2.17. The number of hydrogen-bond acceptors (Lipinski definition) is 2. The van der Waals surface area contributed by atoms with Gasteiger partial charge >= 0.3 is 0 Å². The lowest BCUT2D eigenvalue weighted by molar-refractivity contribution is 0.494. The molecule has 0 radical (unpaired) electrons. The van der Waals surface area contributed by atoms with E-state index in [4.69, 9.17) is 0 Å². The molecule has 1 heterocycles. The molecule has 0 amide bonds. The summed E-state index contributed by atoms with van der Waals surface area (Å²) in [6, 6.07) is 2.54. The number of aryl methyl sites for hydroxylation is 1. The van der Waals surface area contributed by atoms with Gasteiger partial charge in [0.15, 0.2) is 0 Å². The molecule has 0 saturated heterocycles. The highest BCUT2D eigenvalue weighted by Gasteiger charge is 2.10. The lowest BCUT2D eigenvalue weighted by Gasteiger charge is -2.21. The van der Waals surface area contributed by atoms with E-state index in [2.05, 4.69) is 38.0 Å². The number of anilines is 1. The van der Waals surface area contributed by atoms with Gasteiger partial charge in [0.25, 0.3) is 0 Å². The number of rotatable bonds is 4. The Kier molecular flexibility index (Phi) is 3.93. The molecule has 0 aliphatic carbocycles. The molecule has 1 aromatic heterocycles. The van der Waals surface area contributed by atoms with Gasteiger partial charge in [0.2, 0.25) is 0 Å². The summed E-state index contributed by atoms with van der Waals surface area (Å²) in [5.74, 6) is 0.689. The molecule has 0 aromatic carbocycles. The summed E-state index contributed by atoms with van der Waals surface area (Å²) in [7, 11) is 0. The fourth-order valence-electron chi connectivity index (χ4n) is 1.36. The van der Waals surface area contributed by atoms with Gasteiger partial charge in [-0.25, -0.2) is 0 Å². The maximum atomic E-state index is 4.12. The fourth-order valence-corrected chi connectivity index (χ4v) is 1.36. The number of hydrogen-bond donors (Lipinski definition) is 1. The van der Waals surface area contributed by atoms with Crippen LogP contribution in [-0.2, 0) is 0 Å². The first kappa shape index (κ1) is 11.0. The molecule has 0 spiro atoms. The molecule has 0 unspecified atom stereocenters. The second kappa shape index (κ2) is 4.99. The van der Waals surface area contributed by atoms with Gasteiger partial charge < -0.3 is 5.32 Å². The highest BCUT2D eigenvalue weighted by atomic mass is 14.9. The van der Waals surface area contributed by atoms with E-state index < -0.39 is 0 Å². The molecule has 0 fully saturated rings. The SMILES string of the molecule is CC[C@H](C)[C@@H](C)Nc1cnccc1C. The maximum Gasteiger partial charge on any atom is 0.0558 e. The van der Waals surface area contributed by atoms with Gasteiger partial charge in [-0.3, -0.25) is 4.98 Å². The number of nitrogens with zero attached hydrogens (tertiary/aromatic N) is 1. The van der Waals surface area contributed by atoms with Crippen molar-refractivity contribution in [3.63, 3.8) is 0 Å². The zero-order valence-electron chi connectivity index (χ0n) is 9.54. The topological polar surface area (TPSA) is 24.9 Å². The zero-order valence-corrected chi connectivity index (χ0v) is 9.54. The number of nitrogens with one attached hydrogen (secondary N) is 1. The molecule has 2 heteroatoms. The molecule has 0 saturated carbocycles. The van der Waals surface area contributed by atoms with Crippen molar-refractivity contribution in [1.29, 1.82) is 0 Å². The summed E-state index contributed by atoms with van der Waals surface area (Å²) in [6.07, 6.45) is 4.93. The van der Waals surface area contributed by atoms with Gasteiger partial charge in [0, 0.05) is 12.2 Å². The Morgan fingerprint density at radius 3 is 2.71 bits per heavy atom. The summed E-state index contributed by atoms with van der Waals surface area (Å²) in [6.45, 7) is 8.82. The van der Waals surface area contributed by atoms with Gasteiger partial charge in [-0.15, -0.1) is 0 Å². The minimum atomic E-state index is 0.503. The van der Waals surface area contributed by atoms with Crippen LogP contribution in [0.3, 0.4) is 0 Å². The first-order valence-electron chi connectivity index (χ1n) is 5.32. The molecule has 0 aliphatic heterocycles. The summed E-state index contributed by atoms with van der Waals surface area (Å²) in [4.78, 5) is 4.12. The first-order chi connectivity index (χ1) is 6.65. The monoisotopic (exact) mass is 192 g/mol. The third-order valence-electron chi connectivity index (χ3n) is 2.92. The molecule has 1 rings (SSSR count). The van der Waals surface area contributed by atoms with Crippen molar-refractivity contribution < 1.29 is 0 Å². The molecule has 2 nitrogen and oxygen atoms in total. The molecule has 0 bridgehead atoms. The molecular weight excluding hydrogens is 172 g/mol. The number of aromatic nitrogens is 1. The standard InChI is InChI=1S/C12H20N2/c1-5-9(2)11(4)14-12-8-13-7-6-10(12)3/h6-9,11,14H,5H2,1-4H3/t9-,11+/m0/s1. The van der Waals surface area contributed by atoms with Crippen molar-refractivity contribution in [1.82, 2.24) is 4.98 Å². The quantitative estimate of drug-likeness (QED) is 0.792. The average molecular weight is 192 g/mol. The fraction of sp³-hybridized carbons (Fsp3) is 0.583. The van der Waals surface area contributed by atoms with Crippen LogP contribution in [0.5, 0.6) is 0 Å². The molecule has 0 aliphatic rings. The predicted octanol–water partition coefficient (Wildman–Crippen LogP) is 3.24. The molecule has 2 atom stereocenters. The van der Waals surface area contributed by atoms with E-state index in [1.165, 1.54) is 12.0 Å². The Morgan fingerprint density at radius 2 is 2.14 bits per heavy atom. The molecule has 1 N–H and O–H groups in total. The molecule has 14 heavy (non-hydrogen) atoms. The van der Waals surface area contributed by atoms with Crippen LogP contribution in [0.15, 0.2) is 18.5 Å². The molecular formula is C12H20N2.